The summed E-state index contributed by atoms with van der Waals surface area (Å²) in [5.41, 5.74) is 5.04. The highest BCUT2D eigenvalue weighted by molar-refractivity contribution is 5.84. The molecule has 0 heterocycles. The van der Waals surface area contributed by atoms with Crippen molar-refractivity contribution in [2.24, 2.45) is 0 Å². The first-order chi connectivity index (χ1) is 14.3. The summed E-state index contributed by atoms with van der Waals surface area (Å²) in [4.78, 5) is 0. The van der Waals surface area contributed by atoms with Crippen molar-refractivity contribution >= 4 is 10.8 Å². The van der Waals surface area contributed by atoms with E-state index in [-0.39, 0.29) is 0 Å². The maximum atomic E-state index is 3.34. The molecule has 0 radical (unpaired) electrons. The Morgan fingerprint density at radius 3 is 1.86 bits per heavy atom. The van der Waals surface area contributed by atoms with Crippen LogP contribution in [0.2, 0.25) is 0 Å². The van der Waals surface area contributed by atoms with Gasteiger partial charge in [0.25, 0.3) is 0 Å². The molecule has 0 saturated carbocycles. The molecule has 0 nitrogen and oxygen atoms in total. The minimum atomic E-state index is 1.08. The van der Waals surface area contributed by atoms with Gasteiger partial charge in [-0.1, -0.05) is 94.2 Å². The van der Waals surface area contributed by atoms with Crippen molar-refractivity contribution in [1.82, 2.24) is 0 Å². The van der Waals surface area contributed by atoms with Gasteiger partial charge in [-0.15, -0.1) is 0 Å². The molecule has 3 aromatic rings. The highest BCUT2D eigenvalue weighted by atomic mass is 14.0. The molecule has 0 aliphatic carbocycles. The Labute approximate surface area is 177 Å². The normalized spacial score (nSPS) is 10.7. The summed E-state index contributed by atoms with van der Waals surface area (Å²) in [5.74, 6) is 6.66. The van der Waals surface area contributed by atoms with Gasteiger partial charge in [-0.2, -0.15) is 0 Å². The van der Waals surface area contributed by atoms with Crippen molar-refractivity contribution < 1.29 is 0 Å². The number of aryl methyl sites for hydroxylation is 2. The lowest BCUT2D eigenvalue weighted by atomic mass is 10.0. The van der Waals surface area contributed by atoms with Crippen LogP contribution in [0, 0.1) is 11.8 Å². The summed E-state index contributed by atoms with van der Waals surface area (Å²) < 4.78 is 0. The highest BCUT2D eigenvalue weighted by Crippen LogP contribution is 2.19. The van der Waals surface area contributed by atoms with Crippen molar-refractivity contribution in [3.8, 4) is 11.8 Å². The number of hydrogen-bond acceptors (Lipinski definition) is 0. The molecule has 150 valence electrons. The van der Waals surface area contributed by atoms with Crippen LogP contribution in [0.4, 0.5) is 0 Å². The predicted molar refractivity (Wildman–Crippen MR) is 127 cm³/mol. The molecular weight excluding hydrogens is 348 g/mol. The second-order valence-corrected chi connectivity index (χ2v) is 8.11. The first kappa shape index (κ1) is 21.2. The first-order valence-electron chi connectivity index (χ1n) is 11.4. The average Bonchev–Trinajstić information content (AvgIpc) is 2.76. The lowest BCUT2D eigenvalue weighted by Gasteiger charge is -2.04. The van der Waals surface area contributed by atoms with Crippen LogP contribution in [-0.2, 0) is 12.8 Å². The fourth-order valence-corrected chi connectivity index (χ4v) is 3.76. The average molecular weight is 383 g/mol. The maximum absolute atomic E-state index is 3.34. The molecule has 0 bridgehead atoms. The van der Waals surface area contributed by atoms with Gasteiger partial charge >= 0.3 is 0 Å². The largest absolute Gasteiger partial charge is 0.0654 e. The monoisotopic (exact) mass is 382 g/mol. The van der Waals surface area contributed by atoms with Crippen LogP contribution in [0.15, 0.2) is 60.7 Å². The topological polar surface area (TPSA) is 0 Å². The number of rotatable bonds is 9. The fourth-order valence-electron chi connectivity index (χ4n) is 3.76. The molecule has 0 unspecified atom stereocenters. The summed E-state index contributed by atoms with van der Waals surface area (Å²) in [7, 11) is 0. The van der Waals surface area contributed by atoms with Crippen LogP contribution >= 0.6 is 0 Å². The van der Waals surface area contributed by atoms with Gasteiger partial charge in [-0.05, 0) is 71.8 Å². The molecule has 29 heavy (non-hydrogen) atoms. The van der Waals surface area contributed by atoms with Gasteiger partial charge in [0.15, 0.2) is 0 Å². The number of benzene rings is 3. The molecule has 3 aromatic carbocycles. The van der Waals surface area contributed by atoms with E-state index in [9.17, 15) is 0 Å². The molecule has 0 N–H and O–H groups in total. The minimum absolute atomic E-state index is 1.08. The number of fused-ring (bicyclic) bond motifs is 1. The van der Waals surface area contributed by atoms with Crippen LogP contribution in [0.1, 0.15) is 81.0 Å². The van der Waals surface area contributed by atoms with Gasteiger partial charge < -0.3 is 0 Å². The van der Waals surface area contributed by atoms with E-state index in [0.29, 0.717) is 0 Å². The van der Waals surface area contributed by atoms with E-state index in [1.165, 1.54) is 79.7 Å². The van der Waals surface area contributed by atoms with Crippen LogP contribution < -0.4 is 0 Å². The summed E-state index contributed by atoms with van der Waals surface area (Å²) in [6, 6.07) is 22.2. The lowest BCUT2D eigenvalue weighted by Crippen LogP contribution is -1.87. The molecule has 0 aliphatic rings. The standard InChI is InChI=1S/C29H34/c1-3-5-7-9-11-26-18-20-29-23-27(19-21-28(29)22-26)17-16-25-14-12-24(13-15-25)10-8-6-4-2/h12-15,18-23H,3-11H2,1-2H3. The van der Waals surface area contributed by atoms with Crippen molar-refractivity contribution in [2.45, 2.75) is 71.6 Å². The third kappa shape index (κ3) is 6.79. The van der Waals surface area contributed by atoms with E-state index in [4.69, 9.17) is 0 Å². The Bertz CT molecular complexity index is 951. The summed E-state index contributed by atoms with van der Waals surface area (Å²) >= 11 is 0. The number of unbranched alkanes of at least 4 members (excludes halogenated alkanes) is 5. The second-order valence-electron chi connectivity index (χ2n) is 8.11. The molecule has 0 heteroatoms. The molecule has 0 spiro atoms. The molecule has 0 atom stereocenters. The van der Waals surface area contributed by atoms with E-state index >= 15 is 0 Å². The Balaban J connectivity index is 1.63. The number of hydrogen-bond donors (Lipinski definition) is 0. The Morgan fingerprint density at radius 2 is 1.07 bits per heavy atom. The minimum Gasteiger partial charge on any atom is -0.0654 e. The first-order valence-corrected chi connectivity index (χ1v) is 11.4. The Hall–Kier alpha value is -2.52. The Morgan fingerprint density at radius 1 is 0.517 bits per heavy atom. The van der Waals surface area contributed by atoms with E-state index in [1.54, 1.807) is 0 Å². The van der Waals surface area contributed by atoms with Gasteiger partial charge in [0.05, 0.1) is 0 Å². The predicted octanol–water partition coefficient (Wildman–Crippen LogP) is 8.10. The third-order valence-electron chi connectivity index (χ3n) is 5.60. The second kappa shape index (κ2) is 11.5. The molecule has 0 aliphatic heterocycles. The van der Waals surface area contributed by atoms with Gasteiger partial charge in [-0.3, -0.25) is 0 Å². The molecule has 3 rings (SSSR count). The zero-order valence-electron chi connectivity index (χ0n) is 18.1. The quantitative estimate of drug-likeness (QED) is 0.259. The summed E-state index contributed by atoms with van der Waals surface area (Å²) in [6.07, 6.45) is 11.5. The van der Waals surface area contributed by atoms with Gasteiger partial charge in [0.2, 0.25) is 0 Å². The van der Waals surface area contributed by atoms with E-state index in [0.717, 1.165) is 11.1 Å². The highest BCUT2D eigenvalue weighted by Gasteiger charge is 1.99. The van der Waals surface area contributed by atoms with Crippen molar-refractivity contribution in [2.75, 3.05) is 0 Å². The smallest absolute Gasteiger partial charge is 0.0255 e. The van der Waals surface area contributed by atoms with Crippen molar-refractivity contribution in [3.63, 3.8) is 0 Å². The molecule has 0 amide bonds. The fraction of sp³-hybridized carbons (Fsp3) is 0.379. The van der Waals surface area contributed by atoms with Crippen LogP contribution in [0.3, 0.4) is 0 Å². The molecule has 0 saturated heterocycles. The third-order valence-corrected chi connectivity index (χ3v) is 5.60. The van der Waals surface area contributed by atoms with Crippen LogP contribution in [0.25, 0.3) is 10.8 Å². The SMILES string of the molecule is CCCCCCc1ccc2cc(C#Cc3ccc(CCCCC)cc3)ccc2c1. The summed E-state index contributed by atoms with van der Waals surface area (Å²) in [5, 5.41) is 2.60. The van der Waals surface area contributed by atoms with E-state index in [1.807, 2.05) is 0 Å². The molecule has 0 aromatic heterocycles. The molecular formula is C29H34. The van der Waals surface area contributed by atoms with Crippen molar-refractivity contribution in [1.29, 1.82) is 0 Å². The van der Waals surface area contributed by atoms with E-state index < -0.39 is 0 Å². The van der Waals surface area contributed by atoms with Gasteiger partial charge in [0.1, 0.15) is 0 Å². The summed E-state index contributed by atoms with van der Waals surface area (Å²) in [6.45, 7) is 4.51. The van der Waals surface area contributed by atoms with Crippen LogP contribution in [0.5, 0.6) is 0 Å². The van der Waals surface area contributed by atoms with Crippen LogP contribution in [-0.4, -0.2) is 0 Å². The van der Waals surface area contributed by atoms with Gasteiger partial charge in [-0.25, -0.2) is 0 Å². The van der Waals surface area contributed by atoms with Crippen molar-refractivity contribution in [3.05, 3.63) is 82.9 Å². The lowest BCUT2D eigenvalue weighted by molar-refractivity contribution is 0.667. The zero-order valence-corrected chi connectivity index (χ0v) is 18.1. The van der Waals surface area contributed by atoms with E-state index in [2.05, 4.69) is 86.4 Å². The maximum Gasteiger partial charge on any atom is 0.0255 e. The van der Waals surface area contributed by atoms with Gasteiger partial charge in [0, 0.05) is 11.1 Å². The Kier molecular flexibility index (Phi) is 8.39. The zero-order chi connectivity index (χ0) is 20.3. The molecule has 0 fully saturated rings.